The van der Waals surface area contributed by atoms with Gasteiger partial charge in [-0.3, -0.25) is 9.59 Å². The van der Waals surface area contributed by atoms with E-state index in [2.05, 4.69) is 0 Å². The molecular formula is C12H22O9. The number of rotatable bonds is 10. The van der Waals surface area contributed by atoms with Crippen molar-refractivity contribution >= 4 is 17.9 Å². The molecule has 0 radical (unpaired) electrons. The topological polar surface area (TPSA) is 162 Å². The number of aliphatic hydroxyl groups excluding tert-OH is 2. The van der Waals surface area contributed by atoms with Crippen LogP contribution in [-0.4, -0.2) is 69.4 Å². The Kier molecular flexibility index (Phi) is 13.7. The van der Waals surface area contributed by atoms with E-state index in [1.807, 2.05) is 6.92 Å². The number of hydrogen-bond donors (Lipinski definition) is 5. The smallest absolute Gasteiger partial charge is 0.333 e. The Balaban J connectivity index is 0. The maximum absolute atomic E-state index is 10.8. The Bertz CT molecular complexity index is 314. The van der Waals surface area contributed by atoms with Crippen LogP contribution in [0.1, 0.15) is 26.2 Å². The molecule has 0 spiro atoms. The summed E-state index contributed by atoms with van der Waals surface area (Å²) in [5, 5.41) is 41.4. The van der Waals surface area contributed by atoms with E-state index in [1.54, 1.807) is 0 Å². The zero-order valence-corrected chi connectivity index (χ0v) is 11.8. The predicted octanol–water partition coefficient (Wildman–Crippen LogP) is -0.597. The summed E-state index contributed by atoms with van der Waals surface area (Å²) in [7, 11) is 0. The van der Waals surface area contributed by atoms with Gasteiger partial charge in [0, 0.05) is 6.61 Å². The Morgan fingerprint density at radius 3 is 1.81 bits per heavy atom. The van der Waals surface area contributed by atoms with E-state index in [9.17, 15) is 14.4 Å². The summed E-state index contributed by atoms with van der Waals surface area (Å²) in [5.74, 6) is -5.91. The number of aliphatic carboxylic acids is 3. The van der Waals surface area contributed by atoms with Crippen LogP contribution in [0.5, 0.6) is 0 Å². The van der Waals surface area contributed by atoms with Crippen molar-refractivity contribution < 1.29 is 44.7 Å². The maximum atomic E-state index is 10.8. The first-order valence-corrected chi connectivity index (χ1v) is 6.32. The van der Waals surface area contributed by atoms with Crippen LogP contribution in [0.4, 0.5) is 0 Å². The van der Waals surface area contributed by atoms with Crippen LogP contribution in [-0.2, 0) is 19.1 Å². The summed E-state index contributed by atoms with van der Waals surface area (Å²) in [6.45, 7) is 1.71. The zero-order chi connectivity index (χ0) is 16.8. The van der Waals surface area contributed by atoms with Gasteiger partial charge in [0.25, 0.3) is 0 Å². The van der Waals surface area contributed by atoms with Crippen LogP contribution in [0, 0.1) is 5.92 Å². The van der Waals surface area contributed by atoms with Gasteiger partial charge < -0.3 is 30.3 Å². The third-order valence-electron chi connectivity index (χ3n) is 2.22. The summed E-state index contributed by atoms with van der Waals surface area (Å²) in [6.07, 6.45) is -1.06. The summed E-state index contributed by atoms with van der Waals surface area (Å²) < 4.78 is 4.92. The lowest BCUT2D eigenvalue weighted by molar-refractivity contribution is -0.166. The van der Waals surface area contributed by atoms with Crippen molar-refractivity contribution in [1.82, 2.24) is 0 Å². The first kappa shape index (κ1) is 21.6. The third kappa shape index (κ3) is 11.8. The number of carboxylic acids is 3. The van der Waals surface area contributed by atoms with Crippen molar-refractivity contribution in [2.75, 3.05) is 19.8 Å². The molecule has 0 rings (SSSR count). The molecular weight excluding hydrogens is 288 g/mol. The standard InChI is InChI=1S/C10H16O7.C2H6O2/c1-2-3-4-17-8(10(15)16)6(9(13)14)5-7(11)12;3-1-2-4/h6,8H,2-5H2,1H3,(H,11,12)(H,13,14)(H,15,16);3-4H,1-2H2. The van der Waals surface area contributed by atoms with Gasteiger partial charge in [0.05, 0.1) is 19.6 Å². The minimum absolute atomic E-state index is 0.0941. The first-order chi connectivity index (χ1) is 9.81. The summed E-state index contributed by atoms with van der Waals surface area (Å²) >= 11 is 0. The number of hydrogen-bond acceptors (Lipinski definition) is 6. The molecule has 0 aromatic heterocycles. The molecule has 0 heterocycles. The van der Waals surface area contributed by atoms with Gasteiger partial charge >= 0.3 is 17.9 Å². The van der Waals surface area contributed by atoms with Crippen LogP contribution < -0.4 is 0 Å². The average Bonchev–Trinajstić information content (AvgIpc) is 2.41. The fraction of sp³-hybridized carbons (Fsp3) is 0.750. The molecule has 0 aliphatic rings. The molecule has 0 aromatic rings. The largest absolute Gasteiger partial charge is 0.481 e. The van der Waals surface area contributed by atoms with Crippen molar-refractivity contribution in [3.05, 3.63) is 0 Å². The zero-order valence-electron chi connectivity index (χ0n) is 11.8. The molecule has 9 nitrogen and oxygen atoms in total. The molecule has 2 atom stereocenters. The van der Waals surface area contributed by atoms with Crippen molar-refractivity contribution in [2.45, 2.75) is 32.3 Å². The Labute approximate surface area is 121 Å². The van der Waals surface area contributed by atoms with E-state index < -0.39 is 36.4 Å². The molecule has 0 saturated heterocycles. The van der Waals surface area contributed by atoms with E-state index >= 15 is 0 Å². The van der Waals surface area contributed by atoms with E-state index in [0.717, 1.165) is 6.42 Å². The average molecular weight is 310 g/mol. The van der Waals surface area contributed by atoms with Gasteiger partial charge in [0.15, 0.2) is 6.10 Å². The molecule has 0 saturated carbocycles. The molecule has 5 N–H and O–H groups in total. The van der Waals surface area contributed by atoms with Crippen LogP contribution in [0.15, 0.2) is 0 Å². The fourth-order valence-corrected chi connectivity index (χ4v) is 1.23. The monoisotopic (exact) mass is 310 g/mol. The van der Waals surface area contributed by atoms with Crippen LogP contribution in [0.3, 0.4) is 0 Å². The number of carbonyl (C=O) groups is 3. The highest BCUT2D eigenvalue weighted by Crippen LogP contribution is 2.14. The quantitative estimate of drug-likeness (QED) is 0.332. The molecule has 0 aromatic carbocycles. The van der Waals surface area contributed by atoms with Crippen molar-refractivity contribution in [3.63, 3.8) is 0 Å². The maximum Gasteiger partial charge on any atom is 0.333 e. The minimum atomic E-state index is -1.63. The molecule has 0 fully saturated rings. The molecule has 0 aliphatic carbocycles. The molecule has 0 bridgehead atoms. The second-order valence-electron chi connectivity index (χ2n) is 3.97. The highest BCUT2D eigenvalue weighted by molar-refractivity contribution is 5.85. The van der Waals surface area contributed by atoms with Crippen molar-refractivity contribution in [2.24, 2.45) is 5.92 Å². The first-order valence-electron chi connectivity index (χ1n) is 6.32. The molecule has 0 amide bonds. The lowest BCUT2D eigenvalue weighted by Crippen LogP contribution is -2.38. The van der Waals surface area contributed by atoms with Gasteiger partial charge in [-0.15, -0.1) is 0 Å². The molecule has 2 unspecified atom stereocenters. The van der Waals surface area contributed by atoms with Gasteiger partial charge in [-0.05, 0) is 6.42 Å². The van der Waals surface area contributed by atoms with E-state index in [4.69, 9.17) is 30.3 Å². The summed E-state index contributed by atoms with van der Waals surface area (Å²) in [6, 6.07) is 0. The predicted molar refractivity (Wildman–Crippen MR) is 69.8 cm³/mol. The SMILES string of the molecule is CCCCOC(C(=O)O)C(CC(=O)O)C(=O)O.OCCO. The molecule has 9 heteroatoms. The second-order valence-corrected chi connectivity index (χ2v) is 3.97. The van der Waals surface area contributed by atoms with Gasteiger partial charge in [-0.1, -0.05) is 13.3 Å². The molecule has 21 heavy (non-hydrogen) atoms. The van der Waals surface area contributed by atoms with Crippen LogP contribution >= 0.6 is 0 Å². The summed E-state index contributed by atoms with van der Waals surface area (Å²) in [5.41, 5.74) is 0. The van der Waals surface area contributed by atoms with Crippen molar-refractivity contribution in [1.29, 1.82) is 0 Å². The lowest BCUT2D eigenvalue weighted by Gasteiger charge is -2.19. The van der Waals surface area contributed by atoms with Gasteiger partial charge in [-0.25, -0.2) is 4.79 Å². The van der Waals surface area contributed by atoms with Gasteiger partial charge in [0.1, 0.15) is 5.92 Å². The van der Waals surface area contributed by atoms with Gasteiger partial charge in [-0.2, -0.15) is 0 Å². The Morgan fingerprint density at radius 2 is 1.52 bits per heavy atom. The second kappa shape index (κ2) is 13.3. The highest BCUT2D eigenvalue weighted by Gasteiger charge is 2.36. The highest BCUT2D eigenvalue weighted by atomic mass is 16.5. The normalized spacial score (nSPS) is 12.7. The fourth-order valence-electron chi connectivity index (χ4n) is 1.23. The third-order valence-corrected chi connectivity index (χ3v) is 2.22. The van der Waals surface area contributed by atoms with Crippen LogP contribution in [0.2, 0.25) is 0 Å². The van der Waals surface area contributed by atoms with Crippen molar-refractivity contribution in [3.8, 4) is 0 Å². The number of aliphatic hydroxyl groups is 2. The number of ether oxygens (including phenoxy) is 1. The Hall–Kier alpha value is -1.71. The summed E-state index contributed by atoms with van der Waals surface area (Å²) in [4.78, 5) is 32.1. The van der Waals surface area contributed by atoms with E-state index in [1.165, 1.54) is 0 Å². The molecule has 124 valence electrons. The Morgan fingerprint density at radius 1 is 1.00 bits per heavy atom. The number of unbranched alkanes of at least 4 members (excludes halogenated alkanes) is 1. The minimum Gasteiger partial charge on any atom is -0.481 e. The molecule has 0 aliphatic heterocycles. The van der Waals surface area contributed by atoms with E-state index in [-0.39, 0.29) is 19.8 Å². The van der Waals surface area contributed by atoms with E-state index in [0.29, 0.717) is 6.42 Å². The van der Waals surface area contributed by atoms with Crippen LogP contribution in [0.25, 0.3) is 0 Å². The van der Waals surface area contributed by atoms with Gasteiger partial charge in [0.2, 0.25) is 0 Å². The number of carboxylic acid groups (broad SMARTS) is 3. The lowest BCUT2D eigenvalue weighted by atomic mass is 9.98.